The molecule has 0 bridgehead atoms. The number of methoxy groups -OCH3 is 1. The molecule has 2 nitrogen and oxygen atoms in total. The summed E-state index contributed by atoms with van der Waals surface area (Å²) in [6.07, 6.45) is 0.986. The van der Waals surface area contributed by atoms with Gasteiger partial charge >= 0.3 is 0 Å². The Morgan fingerprint density at radius 2 is 1.62 bits per heavy atom. The summed E-state index contributed by atoms with van der Waals surface area (Å²) in [5.74, 6) is 0.885. The summed E-state index contributed by atoms with van der Waals surface area (Å²) in [6.45, 7) is 0.883. The van der Waals surface area contributed by atoms with E-state index >= 15 is 0 Å². The van der Waals surface area contributed by atoms with Crippen molar-refractivity contribution in [2.45, 2.75) is 6.42 Å². The molecule has 3 aromatic carbocycles. The summed E-state index contributed by atoms with van der Waals surface area (Å²) in [4.78, 5) is 0. The number of hydrogen-bond acceptors (Lipinski definition) is 2. The molecule has 0 aliphatic carbocycles. The first-order chi connectivity index (χ1) is 10.4. The van der Waals surface area contributed by atoms with E-state index in [1.807, 2.05) is 24.3 Å². The van der Waals surface area contributed by atoms with Crippen LogP contribution < -0.4 is 10.1 Å². The fraction of sp³-hybridized carbons (Fsp3) is 0.158. The van der Waals surface area contributed by atoms with Gasteiger partial charge in [0, 0.05) is 6.54 Å². The summed E-state index contributed by atoms with van der Waals surface area (Å²) >= 11 is 0. The number of anilines is 1. The third-order valence-electron chi connectivity index (χ3n) is 3.70. The summed E-state index contributed by atoms with van der Waals surface area (Å²) in [5.41, 5.74) is 2.41. The van der Waals surface area contributed by atoms with Gasteiger partial charge in [0.1, 0.15) is 5.75 Å². The van der Waals surface area contributed by atoms with E-state index in [4.69, 9.17) is 4.74 Å². The lowest BCUT2D eigenvalue weighted by Crippen LogP contribution is -2.06. The largest absolute Gasteiger partial charge is 0.495 e. The first-order valence-electron chi connectivity index (χ1n) is 7.22. The molecule has 0 radical (unpaired) electrons. The van der Waals surface area contributed by atoms with Crippen molar-refractivity contribution in [3.8, 4) is 5.75 Å². The van der Waals surface area contributed by atoms with Gasteiger partial charge in [-0.3, -0.25) is 0 Å². The molecule has 0 aliphatic rings. The predicted octanol–water partition coefficient (Wildman–Crippen LogP) is 4.50. The Morgan fingerprint density at radius 3 is 2.52 bits per heavy atom. The molecule has 3 aromatic rings. The highest BCUT2D eigenvalue weighted by molar-refractivity contribution is 5.85. The molecule has 0 spiro atoms. The van der Waals surface area contributed by atoms with Gasteiger partial charge in [-0.1, -0.05) is 54.6 Å². The van der Waals surface area contributed by atoms with Gasteiger partial charge in [-0.2, -0.15) is 0 Å². The molecular weight excluding hydrogens is 258 g/mol. The quantitative estimate of drug-likeness (QED) is 0.741. The fourth-order valence-corrected chi connectivity index (χ4v) is 2.63. The van der Waals surface area contributed by atoms with Gasteiger partial charge in [-0.15, -0.1) is 0 Å². The fourth-order valence-electron chi connectivity index (χ4n) is 2.63. The van der Waals surface area contributed by atoms with Gasteiger partial charge in [0.25, 0.3) is 0 Å². The normalized spacial score (nSPS) is 10.5. The Hall–Kier alpha value is -2.48. The number of fused-ring (bicyclic) bond motifs is 1. The Bertz CT molecular complexity index is 731. The van der Waals surface area contributed by atoms with Gasteiger partial charge in [0.05, 0.1) is 12.8 Å². The second-order valence-corrected chi connectivity index (χ2v) is 5.02. The van der Waals surface area contributed by atoms with Crippen molar-refractivity contribution in [2.24, 2.45) is 0 Å². The average molecular weight is 277 g/mol. The summed E-state index contributed by atoms with van der Waals surface area (Å²) in [7, 11) is 1.70. The van der Waals surface area contributed by atoms with Crippen molar-refractivity contribution in [2.75, 3.05) is 19.0 Å². The summed E-state index contributed by atoms with van der Waals surface area (Å²) < 4.78 is 5.36. The van der Waals surface area contributed by atoms with Gasteiger partial charge in [0.2, 0.25) is 0 Å². The van der Waals surface area contributed by atoms with E-state index < -0.39 is 0 Å². The minimum Gasteiger partial charge on any atom is -0.495 e. The zero-order valence-corrected chi connectivity index (χ0v) is 12.2. The number of ether oxygens (including phenoxy) is 1. The van der Waals surface area contributed by atoms with E-state index in [1.54, 1.807) is 7.11 Å². The number of para-hydroxylation sites is 2. The molecule has 21 heavy (non-hydrogen) atoms. The SMILES string of the molecule is COc1ccccc1NCCc1cccc2ccccc12. The standard InChI is InChI=1S/C19H19NO/c1-21-19-12-5-4-11-18(19)20-14-13-16-9-6-8-15-7-2-3-10-17(15)16/h2-12,20H,13-14H2,1H3. The Morgan fingerprint density at radius 1 is 0.857 bits per heavy atom. The number of nitrogens with one attached hydrogen (secondary N) is 1. The molecule has 0 saturated heterocycles. The van der Waals surface area contributed by atoms with Gasteiger partial charge in [0.15, 0.2) is 0 Å². The van der Waals surface area contributed by atoms with E-state index in [9.17, 15) is 0 Å². The molecule has 0 amide bonds. The van der Waals surface area contributed by atoms with Crippen molar-refractivity contribution < 1.29 is 4.74 Å². The van der Waals surface area contributed by atoms with Crippen LogP contribution in [0, 0.1) is 0 Å². The number of rotatable bonds is 5. The highest BCUT2D eigenvalue weighted by atomic mass is 16.5. The molecule has 0 saturated carbocycles. The molecule has 0 fully saturated rings. The molecule has 0 unspecified atom stereocenters. The van der Waals surface area contributed by atoms with Crippen LogP contribution in [0.5, 0.6) is 5.75 Å². The number of benzene rings is 3. The minimum atomic E-state index is 0.883. The van der Waals surface area contributed by atoms with Crippen LogP contribution >= 0.6 is 0 Å². The van der Waals surface area contributed by atoms with Crippen LogP contribution in [0.1, 0.15) is 5.56 Å². The van der Waals surface area contributed by atoms with E-state index in [2.05, 4.69) is 47.8 Å². The van der Waals surface area contributed by atoms with Crippen molar-refractivity contribution in [3.63, 3.8) is 0 Å². The zero-order chi connectivity index (χ0) is 14.5. The van der Waals surface area contributed by atoms with E-state index in [-0.39, 0.29) is 0 Å². The minimum absolute atomic E-state index is 0.883. The zero-order valence-electron chi connectivity index (χ0n) is 12.2. The van der Waals surface area contributed by atoms with Gasteiger partial charge in [-0.25, -0.2) is 0 Å². The van der Waals surface area contributed by atoms with Crippen LogP contribution in [-0.2, 0) is 6.42 Å². The van der Waals surface area contributed by atoms with Crippen LogP contribution in [-0.4, -0.2) is 13.7 Å². The maximum absolute atomic E-state index is 5.36. The van der Waals surface area contributed by atoms with Crippen molar-refractivity contribution in [1.29, 1.82) is 0 Å². The first kappa shape index (κ1) is 13.5. The maximum atomic E-state index is 5.36. The van der Waals surface area contributed by atoms with Crippen molar-refractivity contribution in [3.05, 3.63) is 72.3 Å². The highest BCUT2D eigenvalue weighted by Crippen LogP contribution is 2.23. The molecular formula is C19H19NO. The lowest BCUT2D eigenvalue weighted by atomic mass is 10.0. The Balaban J connectivity index is 1.72. The average Bonchev–Trinajstić information content (AvgIpc) is 2.55. The molecule has 2 heteroatoms. The third kappa shape index (κ3) is 3.00. The molecule has 0 aromatic heterocycles. The smallest absolute Gasteiger partial charge is 0.141 e. The van der Waals surface area contributed by atoms with Crippen molar-refractivity contribution >= 4 is 16.5 Å². The van der Waals surface area contributed by atoms with E-state index in [1.165, 1.54) is 16.3 Å². The first-order valence-corrected chi connectivity index (χ1v) is 7.22. The van der Waals surface area contributed by atoms with Crippen LogP contribution in [0.15, 0.2) is 66.7 Å². The van der Waals surface area contributed by atoms with E-state index in [0.717, 1.165) is 24.4 Å². The molecule has 0 atom stereocenters. The third-order valence-corrected chi connectivity index (χ3v) is 3.70. The van der Waals surface area contributed by atoms with Crippen LogP contribution in [0.25, 0.3) is 10.8 Å². The predicted molar refractivity (Wildman–Crippen MR) is 89.1 cm³/mol. The van der Waals surface area contributed by atoms with Gasteiger partial charge < -0.3 is 10.1 Å². The second kappa shape index (κ2) is 6.31. The second-order valence-electron chi connectivity index (χ2n) is 5.02. The summed E-state index contributed by atoms with van der Waals surface area (Å²) in [5, 5.41) is 6.09. The lowest BCUT2D eigenvalue weighted by Gasteiger charge is -2.11. The molecule has 0 aliphatic heterocycles. The molecule has 0 heterocycles. The number of hydrogen-bond donors (Lipinski definition) is 1. The van der Waals surface area contributed by atoms with Crippen LogP contribution in [0.3, 0.4) is 0 Å². The van der Waals surface area contributed by atoms with Crippen LogP contribution in [0.2, 0.25) is 0 Å². The Kier molecular flexibility index (Phi) is 4.06. The topological polar surface area (TPSA) is 21.3 Å². The molecule has 1 N–H and O–H groups in total. The lowest BCUT2D eigenvalue weighted by molar-refractivity contribution is 0.416. The molecule has 106 valence electrons. The summed E-state index contributed by atoms with van der Waals surface area (Å²) in [6, 6.07) is 23.0. The van der Waals surface area contributed by atoms with E-state index in [0.29, 0.717) is 0 Å². The maximum Gasteiger partial charge on any atom is 0.141 e. The van der Waals surface area contributed by atoms with Crippen molar-refractivity contribution in [1.82, 2.24) is 0 Å². The Labute approximate surface area is 125 Å². The van der Waals surface area contributed by atoms with Gasteiger partial charge in [-0.05, 0) is 34.9 Å². The van der Waals surface area contributed by atoms with Crippen LogP contribution in [0.4, 0.5) is 5.69 Å². The molecule has 3 rings (SSSR count). The monoisotopic (exact) mass is 277 g/mol. The highest BCUT2D eigenvalue weighted by Gasteiger charge is 2.02.